The third-order valence-electron chi connectivity index (χ3n) is 4.11. The maximum absolute atomic E-state index is 13.3. The van der Waals surface area contributed by atoms with Gasteiger partial charge in [-0.15, -0.1) is 0 Å². The van der Waals surface area contributed by atoms with Crippen LogP contribution in [0.5, 0.6) is 5.75 Å². The second-order valence-electron chi connectivity index (χ2n) is 6.89. The van der Waals surface area contributed by atoms with Crippen LogP contribution in [0.2, 0.25) is 0 Å². The van der Waals surface area contributed by atoms with Gasteiger partial charge in [-0.05, 0) is 56.8 Å². The van der Waals surface area contributed by atoms with E-state index in [1.807, 2.05) is 39.0 Å². The van der Waals surface area contributed by atoms with Crippen molar-refractivity contribution in [3.05, 3.63) is 59.2 Å². The number of fused-ring (bicyclic) bond motifs is 1. The molecule has 132 valence electrons. The van der Waals surface area contributed by atoms with Gasteiger partial charge in [-0.1, -0.05) is 12.1 Å². The Kier molecular flexibility index (Phi) is 4.64. The molecule has 0 amide bonds. The molecule has 6 heteroatoms. The number of thiocarbonyl (C=S) groups is 1. The zero-order valence-corrected chi connectivity index (χ0v) is 15.1. The molecule has 3 rings (SSSR count). The smallest absolute Gasteiger partial charge is 0.171 e. The highest BCUT2D eigenvalue weighted by Crippen LogP contribution is 2.39. The Balaban J connectivity index is 1.77. The minimum atomic E-state index is -0.916. The predicted molar refractivity (Wildman–Crippen MR) is 99.0 cm³/mol. The van der Waals surface area contributed by atoms with Crippen LogP contribution in [0.3, 0.4) is 0 Å². The molecule has 2 aromatic carbocycles. The average molecular weight is 362 g/mol. The van der Waals surface area contributed by atoms with Gasteiger partial charge in [-0.25, -0.2) is 8.78 Å². The van der Waals surface area contributed by atoms with Crippen LogP contribution in [0.25, 0.3) is 0 Å². The number of benzene rings is 2. The van der Waals surface area contributed by atoms with E-state index in [1.165, 1.54) is 6.07 Å². The Morgan fingerprint density at radius 2 is 1.92 bits per heavy atom. The molecule has 0 aliphatic carbocycles. The van der Waals surface area contributed by atoms with Crippen LogP contribution in [-0.4, -0.2) is 10.7 Å². The van der Waals surface area contributed by atoms with Crippen LogP contribution in [0.15, 0.2) is 36.4 Å². The molecule has 1 heterocycles. The molecule has 0 aromatic heterocycles. The molecule has 0 radical (unpaired) electrons. The number of rotatable bonds is 2. The van der Waals surface area contributed by atoms with Gasteiger partial charge in [0.15, 0.2) is 16.7 Å². The number of aryl methyl sites for hydroxylation is 1. The van der Waals surface area contributed by atoms with Gasteiger partial charge in [0.25, 0.3) is 0 Å². The molecule has 1 atom stereocenters. The van der Waals surface area contributed by atoms with Crippen molar-refractivity contribution in [2.75, 3.05) is 5.32 Å². The third kappa shape index (κ3) is 4.07. The van der Waals surface area contributed by atoms with E-state index in [4.69, 9.17) is 17.0 Å². The van der Waals surface area contributed by atoms with E-state index in [0.717, 1.165) is 35.4 Å². The fourth-order valence-electron chi connectivity index (χ4n) is 2.99. The van der Waals surface area contributed by atoms with Gasteiger partial charge in [0.1, 0.15) is 11.4 Å². The van der Waals surface area contributed by atoms with Crippen LogP contribution >= 0.6 is 12.2 Å². The van der Waals surface area contributed by atoms with Gasteiger partial charge < -0.3 is 15.4 Å². The molecule has 0 spiro atoms. The molecule has 25 heavy (non-hydrogen) atoms. The van der Waals surface area contributed by atoms with Crippen LogP contribution in [-0.2, 0) is 0 Å². The maximum Gasteiger partial charge on any atom is 0.171 e. The van der Waals surface area contributed by atoms with Crippen LogP contribution < -0.4 is 15.4 Å². The second-order valence-corrected chi connectivity index (χ2v) is 7.30. The molecule has 2 N–H and O–H groups in total. The summed E-state index contributed by atoms with van der Waals surface area (Å²) in [5.41, 5.74) is 2.21. The standard InChI is InChI=1S/C19H20F2N2OS/c1-11-4-6-13-16(10-19(2,3)24-17(13)8-11)23-18(25)22-12-5-7-14(20)15(21)9-12/h4-9,16H,10H2,1-3H3,(H2,22,23,25). The summed E-state index contributed by atoms with van der Waals surface area (Å²) in [5.74, 6) is -0.967. The number of ether oxygens (including phenoxy) is 1. The van der Waals surface area contributed by atoms with Crippen molar-refractivity contribution in [1.29, 1.82) is 0 Å². The fraction of sp³-hybridized carbons (Fsp3) is 0.316. The van der Waals surface area contributed by atoms with E-state index in [-0.39, 0.29) is 11.6 Å². The Morgan fingerprint density at radius 3 is 2.64 bits per heavy atom. The van der Waals surface area contributed by atoms with Gasteiger partial charge in [0.2, 0.25) is 0 Å². The van der Waals surface area contributed by atoms with Crippen molar-refractivity contribution in [1.82, 2.24) is 5.32 Å². The maximum atomic E-state index is 13.3. The monoisotopic (exact) mass is 362 g/mol. The summed E-state index contributed by atoms with van der Waals surface area (Å²) in [6, 6.07) is 9.61. The molecule has 1 unspecified atom stereocenters. The lowest BCUT2D eigenvalue weighted by atomic mass is 9.89. The highest BCUT2D eigenvalue weighted by Gasteiger charge is 2.34. The Hall–Kier alpha value is -2.21. The first-order valence-electron chi connectivity index (χ1n) is 8.06. The third-order valence-corrected chi connectivity index (χ3v) is 4.33. The summed E-state index contributed by atoms with van der Waals surface area (Å²) in [4.78, 5) is 0. The van der Waals surface area contributed by atoms with E-state index in [0.29, 0.717) is 10.8 Å². The number of halogens is 2. The first-order valence-corrected chi connectivity index (χ1v) is 8.46. The highest BCUT2D eigenvalue weighted by molar-refractivity contribution is 7.80. The Morgan fingerprint density at radius 1 is 1.16 bits per heavy atom. The summed E-state index contributed by atoms with van der Waals surface area (Å²) >= 11 is 5.34. The van der Waals surface area contributed by atoms with E-state index in [2.05, 4.69) is 10.6 Å². The number of nitrogens with one attached hydrogen (secondary N) is 2. The molecule has 1 aliphatic rings. The van der Waals surface area contributed by atoms with Crippen molar-refractivity contribution < 1.29 is 13.5 Å². The summed E-state index contributed by atoms with van der Waals surface area (Å²) < 4.78 is 32.4. The topological polar surface area (TPSA) is 33.3 Å². The SMILES string of the molecule is Cc1ccc2c(c1)OC(C)(C)CC2NC(=S)Nc1ccc(F)c(F)c1. The van der Waals surface area contributed by atoms with E-state index in [1.54, 1.807) is 0 Å². The lowest BCUT2D eigenvalue weighted by Crippen LogP contribution is -2.42. The molecule has 0 saturated carbocycles. The van der Waals surface area contributed by atoms with Crippen molar-refractivity contribution in [3.8, 4) is 5.75 Å². The summed E-state index contributed by atoms with van der Waals surface area (Å²) in [7, 11) is 0. The largest absolute Gasteiger partial charge is 0.487 e. The van der Waals surface area contributed by atoms with Gasteiger partial charge in [0, 0.05) is 23.7 Å². The van der Waals surface area contributed by atoms with Crippen molar-refractivity contribution in [2.24, 2.45) is 0 Å². The predicted octanol–water partition coefficient (Wildman–Crippen LogP) is 4.86. The number of hydrogen-bond donors (Lipinski definition) is 2. The van der Waals surface area contributed by atoms with Crippen molar-refractivity contribution in [3.63, 3.8) is 0 Å². The Bertz CT molecular complexity index is 823. The molecular formula is C19H20F2N2OS. The zero-order chi connectivity index (χ0) is 18.2. The normalized spacial score (nSPS) is 18.0. The first kappa shape index (κ1) is 17.6. The van der Waals surface area contributed by atoms with Crippen molar-refractivity contribution in [2.45, 2.75) is 38.8 Å². The molecule has 0 bridgehead atoms. The summed E-state index contributed by atoms with van der Waals surface area (Å²) in [6.07, 6.45) is 0.725. The Labute approximate surface area is 151 Å². The summed E-state index contributed by atoms with van der Waals surface area (Å²) in [5, 5.41) is 6.50. The molecule has 0 fully saturated rings. The molecular weight excluding hydrogens is 342 g/mol. The number of anilines is 1. The number of hydrogen-bond acceptors (Lipinski definition) is 2. The highest BCUT2D eigenvalue weighted by atomic mass is 32.1. The van der Waals surface area contributed by atoms with E-state index in [9.17, 15) is 8.78 Å². The lowest BCUT2D eigenvalue weighted by molar-refractivity contribution is 0.0696. The molecule has 0 saturated heterocycles. The minimum Gasteiger partial charge on any atom is -0.487 e. The molecule has 1 aliphatic heterocycles. The van der Waals surface area contributed by atoms with Crippen LogP contribution in [0.1, 0.15) is 37.4 Å². The minimum absolute atomic E-state index is 0.0374. The average Bonchev–Trinajstić information content (AvgIpc) is 2.49. The zero-order valence-electron chi connectivity index (χ0n) is 14.3. The van der Waals surface area contributed by atoms with Crippen LogP contribution in [0, 0.1) is 18.6 Å². The fourth-order valence-corrected chi connectivity index (χ4v) is 3.25. The van der Waals surface area contributed by atoms with E-state index < -0.39 is 11.6 Å². The second kappa shape index (κ2) is 6.59. The van der Waals surface area contributed by atoms with Crippen LogP contribution in [0.4, 0.5) is 14.5 Å². The van der Waals surface area contributed by atoms with Gasteiger partial charge in [-0.3, -0.25) is 0 Å². The van der Waals surface area contributed by atoms with Gasteiger partial charge in [0.05, 0.1) is 6.04 Å². The van der Waals surface area contributed by atoms with Gasteiger partial charge >= 0.3 is 0 Å². The van der Waals surface area contributed by atoms with Crippen molar-refractivity contribution >= 4 is 23.0 Å². The quantitative estimate of drug-likeness (QED) is 0.748. The molecule has 2 aromatic rings. The lowest BCUT2D eigenvalue weighted by Gasteiger charge is -2.38. The summed E-state index contributed by atoms with van der Waals surface area (Å²) in [6.45, 7) is 6.07. The molecule has 3 nitrogen and oxygen atoms in total. The first-order chi connectivity index (χ1) is 11.7. The van der Waals surface area contributed by atoms with E-state index >= 15 is 0 Å². The van der Waals surface area contributed by atoms with Gasteiger partial charge in [-0.2, -0.15) is 0 Å².